The van der Waals surface area contributed by atoms with Gasteiger partial charge in [0.2, 0.25) is 0 Å². The molecule has 3 nitrogen and oxygen atoms in total. The van der Waals surface area contributed by atoms with Crippen molar-refractivity contribution in [1.29, 1.82) is 0 Å². The zero-order valence-electron chi connectivity index (χ0n) is 10.7. The molecule has 0 saturated heterocycles. The van der Waals surface area contributed by atoms with Gasteiger partial charge >= 0.3 is 0 Å². The highest BCUT2D eigenvalue weighted by Gasteiger charge is 2.08. The summed E-state index contributed by atoms with van der Waals surface area (Å²) in [5.41, 5.74) is 1.71. The first kappa shape index (κ1) is 13.0. The van der Waals surface area contributed by atoms with Gasteiger partial charge < -0.3 is 10.3 Å². The Morgan fingerprint density at radius 3 is 3.06 bits per heavy atom. The fourth-order valence-corrected chi connectivity index (χ4v) is 2.59. The van der Waals surface area contributed by atoms with E-state index in [4.69, 9.17) is 0 Å². The molecule has 0 bridgehead atoms. The maximum Gasteiger partial charge on any atom is 0.251 e. The van der Waals surface area contributed by atoms with E-state index in [0.717, 1.165) is 23.2 Å². The fourth-order valence-electron chi connectivity index (χ4n) is 1.90. The highest BCUT2D eigenvalue weighted by atomic mass is 32.2. The van der Waals surface area contributed by atoms with Gasteiger partial charge in [-0.2, -0.15) is 11.8 Å². The molecule has 0 fully saturated rings. The molecule has 1 unspecified atom stereocenters. The zero-order valence-corrected chi connectivity index (χ0v) is 11.5. The summed E-state index contributed by atoms with van der Waals surface area (Å²) < 4.78 is 0. The normalized spacial score (nSPS) is 12.6. The van der Waals surface area contributed by atoms with Crippen LogP contribution in [0.5, 0.6) is 0 Å². The number of hydrogen-bond acceptors (Lipinski definition) is 2. The summed E-state index contributed by atoms with van der Waals surface area (Å²) in [4.78, 5) is 15.1. The van der Waals surface area contributed by atoms with Crippen LogP contribution in [0.4, 0.5) is 0 Å². The number of rotatable bonds is 5. The Bertz CT molecular complexity index is 535. The van der Waals surface area contributed by atoms with Gasteiger partial charge in [-0.15, -0.1) is 0 Å². The molecular weight excluding hydrogens is 244 g/mol. The molecule has 1 heterocycles. The van der Waals surface area contributed by atoms with Crippen molar-refractivity contribution in [3.8, 4) is 0 Å². The molecule has 0 radical (unpaired) electrons. The summed E-state index contributed by atoms with van der Waals surface area (Å²) in [6, 6.07) is 7.72. The lowest BCUT2D eigenvalue weighted by Gasteiger charge is -2.11. The van der Waals surface area contributed by atoms with Gasteiger partial charge in [0.05, 0.1) is 0 Å². The predicted molar refractivity (Wildman–Crippen MR) is 78.2 cm³/mol. The maximum absolute atomic E-state index is 12.0. The van der Waals surface area contributed by atoms with E-state index in [2.05, 4.69) is 23.5 Å². The largest absolute Gasteiger partial charge is 0.361 e. The lowest BCUT2D eigenvalue weighted by molar-refractivity contribution is 0.0949. The molecule has 2 rings (SSSR count). The van der Waals surface area contributed by atoms with Crippen molar-refractivity contribution in [3.05, 3.63) is 36.0 Å². The second-order valence-electron chi connectivity index (χ2n) is 4.55. The Morgan fingerprint density at radius 1 is 1.44 bits per heavy atom. The monoisotopic (exact) mass is 262 g/mol. The number of aromatic amines is 1. The lowest BCUT2D eigenvalue weighted by Crippen LogP contribution is -2.29. The van der Waals surface area contributed by atoms with E-state index < -0.39 is 0 Å². The van der Waals surface area contributed by atoms with Crippen molar-refractivity contribution < 1.29 is 4.79 Å². The summed E-state index contributed by atoms with van der Waals surface area (Å²) in [6.07, 6.45) is 3.96. The highest BCUT2D eigenvalue weighted by Crippen LogP contribution is 2.14. The summed E-state index contributed by atoms with van der Waals surface area (Å²) in [6.45, 7) is 2.87. The Kier molecular flexibility index (Phi) is 4.31. The average Bonchev–Trinajstić information content (AvgIpc) is 2.83. The summed E-state index contributed by atoms with van der Waals surface area (Å²) in [5, 5.41) is 4.10. The Labute approximate surface area is 111 Å². The molecule has 0 aliphatic rings. The van der Waals surface area contributed by atoms with Gasteiger partial charge in [0.15, 0.2) is 0 Å². The molecule has 2 aromatic rings. The molecule has 1 aromatic carbocycles. The van der Waals surface area contributed by atoms with Crippen LogP contribution in [0.1, 0.15) is 17.3 Å². The molecule has 4 heteroatoms. The van der Waals surface area contributed by atoms with Crippen molar-refractivity contribution in [2.45, 2.75) is 6.92 Å². The molecule has 0 aliphatic heterocycles. The Morgan fingerprint density at radius 2 is 2.28 bits per heavy atom. The third kappa shape index (κ3) is 3.07. The average molecular weight is 262 g/mol. The van der Waals surface area contributed by atoms with Gasteiger partial charge in [-0.3, -0.25) is 4.79 Å². The van der Waals surface area contributed by atoms with Crippen molar-refractivity contribution in [2.75, 3.05) is 18.6 Å². The molecule has 96 valence electrons. The van der Waals surface area contributed by atoms with Gasteiger partial charge in [0, 0.05) is 23.8 Å². The molecule has 18 heavy (non-hydrogen) atoms. The number of H-pyrrole nitrogens is 1. The van der Waals surface area contributed by atoms with E-state index in [1.165, 1.54) is 0 Å². The number of amides is 1. The first-order chi connectivity index (χ1) is 8.70. The summed E-state index contributed by atoms with van der Waals surface area (Å²) >= 11 is 1.80. The predicted octanol–water partition coefficient (Wildman–Crippen LogP) is 2.90. The van der Waals surface area contributed by atoms with Gasteiger partial charge in [0.1, 0.15) is 0 Å². The van der Waals surface area contributed by atoms with Crippen LogP contribution < -0.4 is 5.32 Å². The minimum atomic E-state index is -0.000506. The minimum Gasteiger partial charge on any atom is -0.361 e. The lowest BCUT2D eigenvalue weighted by atomic mass is 10.1. The van der Waals surface area contributed by atoms with E-state index in [9.17, 15) is 4.79 Å². The van der Waals surface area contributed by atoms with Crippen LogP contribution in [-0.2, 0) is 0 Å². The van der Waals surface area contributed by atoms with Gasteiger partial charge in [-0.1, -0.05) is 13.0 Å². The number of hydrogen-bond donors (Lipinski definition) is 2. The second kappa shape index (κ2) is 5.96. The minimum absolute atomic E-state index is 0.000506. The summed E-state index contributed by atoms with van der Waals surface area (Å²) in [7, 11) is 0. The van der Waals surface area contributed by atoms with Crippen LogP contribution >= 0.6 is 11.8 Å². The first-order valence-corrected chi connectivity index (χ1v) is 7.44. The van der Waals surface area contributed by atoms with E-state index in [-0.39, 0.29) is 5.91 Å². The molecule has 0 saturated carbocycles. The van der Waals surface area contributed by atoms with Gasteiger partial charge in [0.25, 0.3) is 5.91 Å². The van der Waals surface area contributed by atoms with Gasteiger partial charge in [-0.25, -0.2) is 0 Å². The molecule has 2 N–H and O–H groups in total. The quantitative estimate of drug-likeness (QED) is 0.870. The standard InChI is InChI=1S/C14H18N2OS/c1-10(9-18-2)8-16-14(17)12-4-3-11-5-6-15-13(11)7-12/h3-7,10,15H,8-9H2,1-2H3,(H,16,17). The first-order valence-electron chi connectivity index (χ1n) is 6.05. The number of benzene rings is 1. The fraction of sp³-hybridized carbons (Fsp3) is 0.357. The molecule has 1 atom stereocenters. The maximum atomic E-state index is 12.0. The molecule has 1 aromatic heterocycles. The van der Waals surface area contributed by atoms with Crippen LogP contribution in [0.15, 0.2) is 30.5 Å². The SMILES string of the molecule is CSCC(C)CNC(=O)c1ccc2cc[nH]c2c1. The molecule has 0 aliphatic carbocycles. The third-order valence-electron chi connectivity index (χ3n) is 2.88. The van der Waals surface area contributed by atoms with Crippen molar-refractivity contribution in [1.82, 2.24) is 10.3 Å². The van der Waals surface area contributed by atoms with Crippen LogP contribution in [0.25, 0.3) is 10.9 Å². The van der Waals surface area contributed by atoms with Crippen LogP contribution in [0, 0.1) is 5.92 Å². The van der Waals surface area contributed by atoms with Crippen molar-refractivity contribution >= 4 is 28.6 Å². The number of aromatic nitrogens is 1. The van der Waals surface area contributed by atoms with E-state index in [1.807, 2.05) is 30.5 Å². The zero-order chi connectivity index (χ0) is 13.0. The van der Waals surface area contributed by atoms with Crippen LogP contribution in [0.3, 0.4) is 0 Å². The van der Waals surface area contributed by atoms with E-state index >= 15 is 0 Å². The smallest absolute Gasteiger partial charge is 0.251 e. The van der Waals surface area contributed by atoms with E-state index in [1.54, 1.807) is 11.8 Å². The third-order valence-corrected chi connectivity index (χ3v) is 3.78. The Balaban J connectivity index is 1.99. The topological polar surface area (TPSA) is 44.9 Å². The van der Waals surface area contributed by atoms with Crippen molar-refractivity contribution in [3.63, 3.8) is 0 Å². The van der Waals surface area contributed by atoms with Gasteiger partial charge in [-0.05, 0) is 41.5 Å². The number of fused-ring (bicyclic) bond motifs is 1. The summed E-state index contributed by atoms with van der Waals surface area (Å²) in [5.74, 6) is 1.56. The highest BCUT2D eigenvalue weighted by molar-refractivity contribution is 7.98. The number of carbonyl (C=O) groups excluding carboxylic acids is 1. The molecule has 1 amide bonds. The molecular formula is C14H18N2OS. The second-order valence-corrected chi connectivity index (χ2v) is 5.46. The number of thioether (sulfide) groups is 1. The number of nitrogens with one attached hydrogen (secondary N) is 2. The molecule has 0 spiro atoms. The number of carbonyl (C=O) groups is 1. The van der Waals surface area contributed by atoms with Crippen LogP contribution in [0.2, 0.25) is 0 Å². The van der Waals surface area contributed by atoms with E-state index in [0.29, 0.717) is 11.5 Å². The Hall–Kier alpha value is -1.42. The van der Waals surface area contributed by atoms with Crippen molar-refractivity contribution in [2.24, 2.45) is 5.92 Å². The van der Waals surface area contributed by atoms with Crippen LogP contribution in [-0.4, -0.2) is 29.4 Å².